The predicted molar refractivity (Wildman–Crippen MR) is 113 cm³/mol. The van der Waals surface area contributed by atoms with Gasteiger partial charge in [0.1, 0.15) is 11.5 Å². The third-order valence-electron chi connectivity index (χ3n) is 6.08. The van der Waals surface area contributed by atoms with Crippen LogP contribution in [0.25, 0.3) is 10.9 Å². The molecule has 0 unspecified atom stereocenters. The van der Waals surface area contributed by atoms with E-state index in [1.807, 2.05) is 23.1 Å². The minimum absolute atomic E-state index is 0.0351. The summed E-state index contributed by atoms with van der Waals surface area (Å²) in [4.78, 5) is 32.1. The van der Waals surface area contributed by atoms with Crippen LogP contribution in [0.4, 0.5) is 18.9 Å². The molecular formula is C23H20F3N3O4. The average molecular weight is 459 g/mol. The van der Waals surface area contributed by atoms with Gasteiger partial charge in [-0.25, -0.2) is 4.90 Å². The molecule has 0 spiro atoms. The van der Waals surface area contributed by atoms with Gasteiger partial charge in [-0.05, 0) is 42.3 Å². The molecule has 0 radical (unpaired) electrons. The van der Waals surface area contributed by atoms with Gasteiger partial charge in [0.15, 0.2) is 0 Å². The summed E-state index contributed by atoms with van der Waals surface area (Å²) < 4.78 is 46.9. The van der Waals surface area contributed by atoms with Gasteiger partial charge >= 0.3 is 6.36 Å². The number of benzene rings is 2. The highest BCUT2D eigenvalue weighted by Crippen LogP contribution is 2.34. The van der Waals surface area contributed by atoms with E-state index < -0.39 is 30.0 Å². The van der Waals surface area contributed by atoms with Crippen molar-refractivity contribution in [3.63, 3.8) is 0 Å². The molecule has 2 aliphatic rings. The number of anilines is 1. The fourth-order valence-electron chi connectivity index (χ4n) is 4.63. The molecule has 7 nitrogen and oxygen atoms in total. The first kappa shape index (κ1) is 21.3. The molecule has 172 valence electrons. The monoisotopic (exact) mass is 459 g/mol. The maximum atomic E-state index is 13.2. The van der Waals surface area contributed by atoms with Crippen LogP contribution < -0.4 is 14.4 Å². The summed E-state index contributed by atoms with van der Waals surface area (Å²) >= 11 is 0. The molecule has 2 aromatic carbocycles. The van der Waals surface area contributed by atoms with Gasteiger partial charge in [-0.2, -0.15) is 0 Å². The number of carbonyl (C=O) groups excluding carboxylic acids is 2. The fourth-order valence-corrected chi connectivity index (χ4v) is 4.63. The van der Waals surface area contributed by atoms with Crippen molar-refractivity contribution in [2.24, 2.45) is 0 Å². The van der Waals surface area contributed by atoms with E-state index in [1.54, 1.807) is 7.11 Å². The molecule has 1 aromatic heterocycles. The molecule has 3 aromatic rings. The first-order chi connectivity index (χ1) is 15.7. The number of amides is 2. The number of carbonyl (C=O) groups is 2. The number of imide groups is 1. The zero-order valence-corrected chi connectivity index (χ0v) is 17.6. The zero-order chi connectivity index (χ0) is 23.3. The number of H-pyrrole nitrogens is 1. The number of ether oxygens (including phenoxy) is 2. The number of aromatic amines is 1. The molecular weight excluding hydrogens is 439 g/mol. The van der Waals surface area contributed by atoms with Crippen LogP contribution in [0.1, 0.15) is 17.7 Å². The normalized spacial score (nSPS) is 19.3. The van der Waals surface area contributed by atoms with Gasteiger partial charge in [0.2, 0.25) is 5.91 Å². The average Bonchev–Trinajstić information content (AvgIpc) is 3.28. The molecule has 3 heterocycles. The quantitative estimate of drug-likeness (QED) is 0.602. The lowest BCUT2D eigenvalue weighted by molar-refractivity contribution is -0.274. The van der Waals surface area contributed by atoms with E-state index in [2.05, 4.69) is 9.72 Å². The summed E-state index contributed by atoms with van der Waals surface area (Å²) in [6, 6.07) is 10.0. The molecule has 1 fully saturated rings. The first-order valence-electron chi connectivity index (χ1n) is 10.4. The molecule has 5 rings (SSSR count). The minimum Gasteiger partial charge on any atom is -0.497 e. The summed E-state index contributed by atoms with van der Waals surface area (Å²) in [7, 11) is 1.61. The number of methoxy groups -OCH3 is 1. The van der Waals surface area contributed by atoms with Crippen molar-refractivity contribution in [2.45, 2.75) is 31.8 Å². The van der Waals surface area contributed by atoms with E-state index in [0.717, 1.165) is 44.9 Å². The Bertz CT molecular complexity index is 1250. The Balaban J connectivity index is 1.37. The predicted octanol–water partition coefficient (Wildman–Crippen LogP) is 3.77. The van der Waals surface area contributed by atoms with Gasteiger partial charge in [0, 0.05) is 35.8 Å². The van der Waals surface area contributed by atoms with Crippen molar-refractivity contribution in [3.05, 3.63) is 53.7 Å². The number of hydrogen-bond donors (Lipinski definition) is 1. The highest BCUT2D eigenvalue weighted by atomic mass is 19.4. The fraction of sp³-hybridized carbons (Fsp3) is 0.304. The topological polar surface area (TPSA) is 74.9 Å². The van der Waals surface area contributed by atoms with Gasteiger partial charge in [-0.3, -0.25) is 14.5 Å². The Morgan fingerprint density at radius 3 is 2.67 bits per heavy atom. The standard InChI is InChI=1S/C23H20F3N3O4/c1-32-14-5-6-18-17(10-14)16-7-8-28(12-19(16)27-18)20-11-21(30)29(22(20)31)13-3-2-4-15(9-13)33-23(24,25)26/h2-6,9-10,20,27H,7-8,11-12H2,1H3/t20-/m0/s1. The summed E-state index contributed by atoms with van der Waals surface area (Å²) in [6.45, 7) is 1.03. The summed E-state index contributed by atoms with van der Waals surface area (Å²) in [5, 5.41) is 1.07. The van der Waals surface area contributed by atoms with E-state index in [1.165, 1.54) is 12.1 Å². The molecule has 1 N–H and O–H groups in total. The Hall–Kier alpha value is -3.53. The Labute approximate surface area is 186 Å². The van der Waals surface area contributed by atoms with E-state index in [4.69, 9.17) is 4.74 Å². The van der Waals surface area contributed by atoms with Crippen LogP contribution in [0.15, 0.2) is 42.5 Å². The summed E-state index contributed by atoms with van der Waals surface area (Å²) in [6.07, 6.45) is -4.21. The number of hydrogen-bond acceptors (Lipinski definition) is 5. The molecule has 1 saturated heterocycles. The lowest BCUT2D eigenvalue weighted by Gasteiger charge is -2.30. The van der Waals surface area contributed by atoms with Gasteiger partial charge < -0.3 is 14.5 Å². The van der Waals surface area contributed by atoms with E-state index in [0.29, 0.717) is 19.5 Å². The third kappa shape index (κ3) is 3.91. The second-order valence-corrected chi connectivity index (χ2v) is 8.05. The highest BCUT2D eigenvalue weighted by molar-refractivity contribution is 6.22. The second-order valence-electron chi connectivity index (χ2n) is 8.05. The molecule has 2 amide bonds. The maximum absolute atomic E-state index is 13.2. The van der Waals surface area contributed by atoms with Crippen LogP contribution in [-0.4, -0.2) is 47.8 Å². The minimum atomic E-state index is -4.87. The highest BCUT2D eigenvalue weighted by Gasteiger charge is 2.44. The van der Waals surface area contributed by atoms with Crippen molar-refractivity contribution in [3.8, 4) is 11.5 Å². The number of alkyl halides is 3. The number of rotatable bonds is 4. The van der Waals surface area contributed by atoms with Crippen LogP contribution in [0.3, 0.4) is 0 Å². The van der Waals surface area contributed by atoms with Crippen molar-refractivity contribution in [1.82, 2.24) is 9.88 Å². The molecule has 2 aliphatic heterocycles. The number of nitrogens with one attached hydrogen (secondary N) is 1. The summed E-state index contributed by atoms with van der Waals surface area (Å²) in [5.41, 5.74) is 3.17. The number of nitrogens with zero attached hydrogens (tertiary/aromatic N) is 2. The zero-order valence-electron chi connectivity index (χ0n) is 17.6. The van der Waals surface area contributed by atoms with E-state index in [9.17, 15) is 22.8 Å². The lowest BCUT2D eigenvalue weighted by Crippen LogP contribution is -2.44. The van der Waals surface area contributed by atoms with Crippen LogP contribution in [-0.2, 0) is 22.6 Å². The van der Waals surface area contributed by atoms with Crippen LogP contribution in [0.2, 0.25) is 0 Å². The van der Waals surface area contributed by atoms with E-state index >= 15 is 0 Å². The Morgan fingerprint density at radius 2 is 1.91 bits per heavy atom. The first-order valence-corrected chi connectivity index (χ1v) is 10.4. The smallest absolute Gasteiger partial charge is 0.497 e. The van der Waals surface area contributed by atoms with Crippen LogP contribution >= 0.6 is 0 Å². The molecule has 1 atom stereocenters. The van der Waals surface area contributed by atoms with Crippen LogP contribution in [0.5, 0.6) is 11.5 Å². The third-order valence-corrected chi connectivity index (χ3v) is 6.08. The molecule has 0 saturated carbocycles. The van der Waals surface area contributed by atoms with Crippen molar-refractivity contribution >= 4 is 28.4 Å². The molecule has 0 bridgehead atoms. The van der Waals surface area contributed by atoms with Crippen molar-refractivity contribution in [2.75, 3.05) is 18.6 Å². The van der Waals surface area contributed by atoms with E-state index in [-0.39, 0.29) is 12.1 Å². The molecule has 10 heteroatoms. The van der Waals surface area contributed by atoms with Crippen molar-refractivity contribution < 1.29 is 32.2 Å². The van der Waals surface area contributed by atoms with Crippen molar-refractivity contribution in [1.29, 1.82) is 0 Å². The molecule has 0 aliphatic carbocycles. The second kappa shape index (κ2) is 7.80. The number of aromatic nitrogens is 1. The Morgan fingerprint density at radius 1 is 1.09 bits per heavy atom. The van der Waals surface area contributed by atoms with Gasteiger partial charge in [-0.15, -0.1) is 13.2 Å². The summed E-state index contributed by atoms with van der Waals surface area (Å²) in [5.74, 6) is -0.637. The number of halogens is 3. The van der Waals surface area contributed by atoms with Gasteiger partial charge in [0.25, 0.3) is 5.91 Å². The SMILES string of the molecule is COc1ccc2[nH]c3c(c2c1)CCN([C@H]1CC(=O)N(c2cccc(OC(F)(F)F)c2)C1=O)C3. The maximum Gasteiger partial charge on any atom is 0.573 e. The number of fused-ring (bicyclic) bond motifs is 3. The van der Waals surface area contributed by atoms with Gasteiger partial charge in [-0.1, -0.05) is 6.07 Å². The lowest BCUT2D eigenvalue weighted by atomic mass is 10.0. The largest absolute Gasteiger partial charge is 0.573 e. The van der Waals surface area contributed by atoms with Gasteiger partial charge in [0.05, 0.1) is 25.3 Å². The molecule has 33 heavy (non-hydrogen) atoms. The Kier molecular flexibility index (Phi) is 5.04. The van der Waals surface area contributed by atoms with Crippen LogP contribution in [0, 0.1) is 0 Å².